The van der Waals surface area contributed by atoms with E-state index < -0.39 is 11.8 Å². The van der Waals surface area contributed by atoms with Gasteiger partial charge in [0, 0.05) is 23.5 Å². The standard InChI is InChI=1S/C14H17BrFNO3/c1-9(2)17(7-3-4-13(18)19)14(20)11-8-10(16)5-6-12(11)15/h5-6,8-9H,3-4,7H2,1-2H3,(H,18,19). The van der Waals surface area contributed by atoms with E-state index in [1.807, 2.05) is 13.8 Å². The van der Waals surface area contributed by atoms with Crippen molar-refractivity contribution in [1.82, 2.24) is 4.90 Å². The maximum absolute atomic E-state index is 13.3. The maximum Gasteiger partial charge on any atom is 0.303 e. The van der Waals surface area contributed by atoms with Crippen LogP contribution in [0.4, 0.5) is 4.39 Å². The molecule has 0 spiro atoms. The van der Waals surface area contributed by atoms with E-state index in [1.165, 1.54) is 18.2 Å². The highest BCUT2D eigenvalue weighted by atomic mass is 79.9. The van der Waals surface area contributed by atoms with Crippen LogP contribution in [-0.2, 0) is 4.79 Å². The molecule has 1 aromatic rings. The third-order valence-electron chi connectivity index (χ3n) is 2.83. The highest BCUT2D eigenvalue weighted by molar-refractivity contribution is 9.10. The predicted molar refractivity (Wildman–Crippen MR) is 77.1 cm³/mol. The van der Waals surface area contributed by atoms with Gasteiger partial charge < -0.3 is 10.0 Å². The largest absolute Gasteiger partial charge is 0.481 e. The van der Waals surface area contributed by atoms with Crippen LogP contribution in [-0.4, -0.2) is 34.5 Å². The summed E-state index contributed by atoms with van der Waals surface area (Å²) in [5.74, 6) is -1.68. The van der Waals surface area contributed by atoms with E-state index in [4.69, 9.17) is 5.11 Å². The zero-order valence-corrected chi connectivity index (χ0v) is 13.0. The van der Waals surface area contributed by atoms with E-state index in [0.29, 0.717) is 17.4 Å². The fourth-order valence-corrected chi connectivity index (χ4v) is 2.23. The number of rotatable bonds is 6. The molecule has 0 saturated heterocycles. The fraction of sp³-hybridized carbons (Fsp3) is 0.429. The molecule has 0 atom stereocenters. The zero-order valence-electron chi connectivity index (χ0n) is 11.4. The minimum absolute atomic E-state index is 0.000814. The number of nitrogens with zero attached hydrogens (tertiary/aromatic N) is 1. The molecule has 6 heteroatoms. The van der Waals surface area contributed by atoms with Crippen molar-refractivity contribution < 1.29 is 19.1 Å². The molecule has 1 amide bonds. The first-order valence-corrected chi connectivity index (χ1v) is 7.10. The summed E-state index contributed by atoms with van der Waals surface area (Å²) in [5.41, 5.74) is 0.244. The van der Waals surface area contributed by atoms with Crippen LogP contribution in [0, 0.1) is 5.82 Å². The average Bonchev–Trinajstić information content (AvgIpc) is 2.36. The summed E-state index contributed by atoms with van der Waals surface area (Å²) in [6.07, 6.45) is 0.368. The summed E-state index contributed by atoms with van der Waals surface area (Å²) in [7, 11) is 0. The normalized spacial score (nSPS) is 10.7. The van der Waals surface area contributed by atoms with Crippen LogP contribution < -0.4 is 0 Å². The van der Waals surface area contributed by atoms with Gasteiger partial charge in [-0.05, 0) is 54.4 Å². The van der Waals surface area contributed by atoms with E-state index in [1.54, 1.807) is 4.90 Å². The molecular weight excluding hydrogens is 329 g/mol. The van der Waals surface area contributed by atoms with Gasteiger partial charge in [0.05, 0.1) is 5.56 Å². The molecule has 0 heterocycles. The monoisotopic (exact) mass is 345 g/mol. The Kier molecular flexibility index (Phi) is 6.13. The quantitative estimate of drug-likeness (QED) is 0.860. The second kappa shape index (κ2) is 7.38. The van der Waals surface area contributed by atoms with Gasteiger partial charge in [-0.1, -0.05) is 0 Å². The molecular formula is C14H17BrFNO3. The Morgan fingerprint density at radius 1 is 1.40 bits per heavy atom. The SMILES string of the molecule is CC(C)N(CCCC(=O)O)C(=O)c1cc(F)ccc1Br. The van der Waals surface area contributed by atoms with Crippen molar-refractivity contribution >= 4 is 27.8 Å². The zero-order chi connectivity index (χ0) is 15.3. The van der Waals surface area contributed by atoms with Crippen LogP contribution in [0.5, 0.6) is 0 Å². The number of carboxylic acid groups (broad SMARTS) is 1. The first-order valence-electron chi connectivity index (χ1n) is 6.30. The summed E-state index contributed by atoms with van der Waals surface area (Å²) in [5, 5.41) is 8.64. The molecule has 0 unspecified atom stereocenters. The Bertz CT molecular complexity index is 505. The summed E-state index contributed by atoms with van der Waals surface area (Å²) in [6, 6.07) is 3.84. The summed E-state index contributed by atoms with van der Waals surface area (Å²) in [6.45, 7) is 4.00. The van der Waals surface area contributed by atoms with E-state index >= 15 is 0 Å². The molecule has 1 aromatic carbocycles. The second-order valence-electron chi connectivity index (χ2n) is 4.71. The highest BCUT2D eigenvalue weighted by Crippen LogP contribution is 2.21. The molecule has 0 aliphatic heterocycles. The van der Waals surface area contributed by atoms with Crippen molar-refractivity contribution in [1.29, 1.82) is 0 Å². The molecule has 4 nitrogen and oxygen atoms in total. The second-order valence-corrected chi connectivity index (χ2v) is 5.57. The van der Waals surface area contributed by atoms with Gasteiger partial charge in [0.25, 0.3) is 5.91 Å². The Balaban J connectivity index is 2.88. The van der Waals surface area contributed by atoms with E-state index in [2.05, 4.69) is 15.9 Å². The summed E-state index contributed by atoms with van der Waals surface area (Å²) >= 11 is 3.23. The van der Waals surface area contributed by atoms with Gasteiger partial charge in [-0.25, -0.2) is 4.39 Å². The minimum Gasteiger partial charge on any atom is -0.481 e. The van der Waals surface area contributed by atoms with Crippen LogP contribution in [0.3, 0.4) is 0 Å². The van der Waals surface area contributed by atoms with Gasteiger partial charge in [0.2, 0.25) is 0 Å². The van der Waals surface area contributed by atoms with E-state index in [0.717, 1.165) is 0 Å². The van der Waals surface area contributed by atoms with Gasteiger partial charge in [-0.15, -0.1) is 0 Å². The van der Waals surface area contributed by atoms with E-state index in [9.17, 15) is 14.0 Å². The Morgan fingerprint density at radius 3 is 2.60 bits per heavy atom. The molecule has 0 saturated carbocycles. The predicted octanol–water partition coefficient (Wildman–Crippen LogP) is 3.30. The highest BCUT2D eigenvalue weighted by Gasteiger charge is 2.21. The number of amides is 1. The number of carboxylic acids is 1. The first-order chi connectivity index (χ1) is 9.32. The molecule has 1 rings (SSSR count). The van der Waals surface area contributed by atoms with Gasteiger partial charge in [0.1, 0.15) is 5.82 Å². The van der Waals surface area contributed by atoms with Crippen molar-refractivity contribution in [3.63, 3.8) is 0 Å². The maximum atomic E-state index is 13.3. The summed E-state index contributed by atoms with van der Waals surface area (Å²) in [4.78, 5) is 24.5. The van der Waals surface area contributed by atoms with Crippen LogP contribution in [0.25, 0.3) is 0 Å². The van der Waals surface area contributed by atoms with Crippen LogP contribution >= 0.6 is 15.9 Å². The Morgan fingerprint density at radius 2 is 2.05 bits per heavy atom. The fourth-order valence-electron chi connectivity index (χ4n) is 1.81. The van der Waals surface area contributed by atoms with Crippen LogP contribution in [0.2, 0.25) is 0 Å². The lowest BCUT2D eigenvalue weighted by Gasteiger charge is -2.27. The number of hydrogen-bond donors (Lipinski definition) is 1. The first kappa shape index (κ1) is 16.6. The van der Waals surface area contributed by atoms with Gasteiger partial charge in [-0.2, -0.15) is 0 Å². The number of halogens is 2. The number of carbonyl (C=O) groups excluding carboxylic acids is 1. The molecule has 0 aromatic heterocycles. The van der Waals surface area contributed by atoms with Gasteiger partial charge in [0.15, 0.2) is 0 Å². The van der Waals surface area contributed by atoms with Gasteiger partial charge >= 0.3 is 5.97 Å². The molecule has 1 N–H and O–H groups in total. The van der Waals surface area contributed by atoms with E-state index in [-0.39, 0.29) is 23.9 Å². The van der Waals surface area contributed by atoms with Gasteiger partial charge in [-0.3, -0.25) is 9.59 Å². The lowest BCUT2D eigenvalue weighted by Crippen LogP contribution is -2.38. The molecule has 0 fully saturated rings. The molecule has 0 bridgehead atoms. The molecule has 0 radical (unpaired) electrons. The summed E-state index contributed by atoms with van der Waals surface area (Å²) < 4.78 is 13.8. The average molecular weight is 346 g/mol. The number of hydrogen-bond acceptors (Lipinski definition) is 2. The number of benzene rings is 1. The molecule has 0 aliphatic rings. The lowest BCUT2D eigenvalue weighted by atomic mass is 10.1. The number of carbonyl (C=O) groups is 2. The third-order valence-corrected chi connectivity index (χ3v) is 3.52. The smallest absolute Gasteiger partial charge is 0.303 e. The Labute approximate surface area is 125 Å². The van der Waals surface area contributed by atoms with Crippen LogP contribution in [0.15, 0.2) is 22.7 Å². The lowest BCUT2D eigenvalue weighted by molar-refractivity contribution is -0.137. The molecule has 20 heavy (non-hydrogen) atoms. The van der Waals surface area contributed by atoms with Crippen molar-refractivity contribution in [3.8, 4) is 0 Å². The van der Waals surface area contributed by atoms with Crippen molar-refractivity contribution in [2.24, 2.45) is 0 Å². The minimum atomic E-state index is -0.895. The molecule has 110 valence electrons. The van der Waals surface area contributed by atoms with Crippen LogP contribution in [0.1, 0.15) is 37.0 Å². The number of aliphatic carboxylic acids is 1. The molecule has 0 aliphatic carbocycles. The van der Waals surface area contributed by atoms with Crippen molar-refractivity contribution in [2.45, 2.75) is 32.7 Å². The Hall–Kier alpha value is -1.43. The topological polar surface area (TPSA) is 57.6 Å². The van der Waals surface area contributed by atoms with Crippen molar-refractivity contribution in [2.75, 3.05) is 6.54 Å². The van der Waals surface area contributed by atoms with Crippen molar-refractivity contribution in [3.05, 3.63) is 34.1 Å². The third kappa shape index (κ3) is 4.59.